The lowest BCUT2D eigenvalue weighted by molar-refractivity contribution is 0.691. The van der Waals surface area contributed by atoms with Gasteiger partial charge in [-0.1, -0.05) is 17.7 Å². The molecule has 1 heterocycles. The molecule has 3 nitrogen and oxygen atoms in total. The standard InChI is InChI=1S/C13H16ClN3S/c1-17-6-5-12(16-17)8-11(15)9-18-13-4-2-3-10(14)7-13/h2-7,11H,8-9,15H2,1H3. The molecule has 0 aliphatic heterocycles. The summed E-state index contributed by atoms with van der Waals surface area (Å²) in [7, 11) is 1.91. The predicted octanol–water partition coefficient (Wildman–Crippen LogP) is 2.74. The van der Waals surface area contributed by atoms with Gasteiger partial charge >= 0.3 is 0 Å². The molecule has 1 aromatic heterocycles. The van der Waals surface area contributed by atoms with Gasteiger partial charge in [0.25, 0.3) is 0 Å². The summed E-state index contributed by atoms with van der Waals surface area (Å²) in [4.78, 5) is 1.15. The fourth-order valence-electron chi connectivity index (χ4n) is 1.66. The number of aromatic nitrogens is 2. The van der Waals surface area contributed by atoms with Crippen LogP contribution in [-0.4, -0.2) is 21.6 Å². The van der Waals surface area contributed by atoms with Gasteiger partial charge < -0.3 is 5.73 Å². The molecule has 1 atom stereocenters. The number of hydrogen-bond donors (Lipinski definition) is 1. The van der Waals surface area contributed by atoms with E-state index in [4.69, 9.17) is 17.3 Å². The van der Waals surface area contributed by atoms with Crippen LogP contribution in [0.3, 0.4) is 0 Å². The second kappa shape index (κ2) is 6.27. The summed E-state index contributed by atoms with van der Waals surface area (Å²) in [5, 5.41) is 5.09. The zero-order valence-corrected chi connectivity index (χ0v) is 11.8. The van der Waals surface area contributed by atoms with Gasteiger partial charge in [-0.05, 0) is 24.3 Å². The highest BCUT2D eigenvalue weighted by Gasteiger charge is 2.07. The third-order valence-electron chi connectivity index (χ3n) is 2.50. The van der Waals surface area contributed by atoms with Crippen molar-refractivity contribution < 1.29 is 0 Å². The van der Waals surface area contributed by atoms with Gasteiger partial charge in [0.15, 0.2) is 0 Å². The summed E-state index contributed by atoms with van der Waals surface area (Å²) in [6.45, 7) is 0. The maximum absolute atomic E-state index is 6.10. The highest BCUT2D eigenvalue weighted by molar-refractivity contribution is 7.99. The van der Waals surface area contributed by atoms with Crippen LogP contribution >= 0.6 is 23.4 Å². The minimum Gasteiger partial charge on any atom is -0.327 e. The molecule has 0 aliphatic rings. The summed E-state index contributed by atoms with van der Waals surface area (Å²) in [6, 6.07) is 9.94. The van der Waals surface area contributed by atoms with Crippen LogP contribution in [0.15, 0.2) is 41.4 Å². The molecule has 0 aliphatic carbocycles. The molecule has 96 valence electrons. The van der Waals surface area contributed by atoms with Gasteiger partial charge in [-0.3, -0.25) is 4.68 Å². The Hall–Kier alpha value is -0.970. The number of nitrogens with two attached hydrogens (primary N) is 1. The Morgan fingerprint density at radius 3 is 2.94 bits per heavy atom. The van der Waals surface area contributed by atoms with Crippen molar-refractivity contribution >= 4 is 23.4 Å². The molecule has 0 amide bonds. The highest BCUT2D eigenvalue weighted by Crippen LogP contribution is 2.22. The quantitative estimate of drug-likeness (QED) is 0.857. The lowest BCUT2D eigenvalue weighted by atomic mass is 10.2. The Kier molecular flexibility index (Phi) is 4.69. The summed E-state index contributed by atoms with van der Waals surface area (Å²) in [5.74, 6) is 0.858. The number of rotatable bonds is 5. The lowest BCUT2D eigenvalue weighted by Gasteiger charge is -2.09. The maximum atomic E-state index is 6.10. The van der Waals surface area contributed by atoms with Crippen molar-refractivity contribution in [2.45, 2.75) is 17.4 Å². The number of benzene rings is 1. The first-order valence-corrected chi connectivity index (χ1v) is 7.12. The largest absolute Gasteiger partial charge is 0.327 e. The summed E-state index contributed by atoms with van der Waals surface area (Å²) in [5.41, 5.74) is 7.14. The van der Waals surface area contributed by atoms with E-state index in [9.17, 15) is 0 Å². The second-order valence-corrected chi connectivity index (χ2v) is 5.74. The van der Waals surface area contributed by atoms with Crippen molar-refractivity contribution in [3.8, 4) is 0 Å². The predicted molar refractivity (Wildman–Crippen MR) is 77.1 cm³/mol. The number of hydrogen-bond acceptors (Lipinski definition) is 3. The van der Waals surface area contributed by atoms with Gasteiger partial charge in [0.2, 0.25) is 0 Å². The molecular formula is C13H16ClN3S. The van der Waals surface area contributed by atoms with E-state index in [0.29, 0.717) is 0 Å². The Bertz CT molecular complexity index is 512. The van der Waals surface area contributed by atoms with E-state index >= 15 is 0 Å². The number of halogens is 1. The van der Waals surface area contributed by atoms with Crippen molar-refractivity contribution in [3.63, 3.8) is 0 Å². The van der Waals surface area contributed by atoms with Crippen LogP contribution in [0.25, 0.3) is 0 Å². The van der Waals surface area contributed by atoms with Crippen LogP contribution in [0.2, 0.25) is 5.02 Å². The number of nitrogens with zero attached hydrogens (tertiary/aromatic N) is 2. The molecular weight excluding hydrogens is 266 g/mol. The molecule has 2 rings (SSSR count). The van der Waals surface area contributed by atoms with E-state index in [1.165, 1.54) is 0 Å². The number of thioether (sulfide) groups is 1. The SMILES string of the molecule is Cn1ccc(CC(N)CSc2cccc(Cl)c2)n1. The van der Waals surface area contributed by atoms with Crippen molar-refractivity contribution in [1.82, 2.24) is 9.78 Å². The van der Waals surface area contributed by atoms with Crippen LogP contribution in [0.4, 0.5) is 0 Å². The molecule has 0 saturated carbocycles. The molecule has 18 heavy (non-hydrogen) atoms. The van der Waals surface area contributed by atoms with Crippen molar-refractivity contribution in [1.29, 1.82) is 0 Å². The van der Waals surface area contributed by atoms with Gasteiger partial charge in [0.1, 0.15) is 0 Å². The first-order chi connectivity index (χ1) is 8.63. The second-order valence-electron chi connectivity index (χ2n) is 4.21. The molecule has 0 bridgehead atoms. The van der Waals surface area contributed by atoms with Crippen molar-refractivity contribution in [2.75, 3.05) is 5.75 Å². The molecule has 5 heteroatoms. The van der Waals surface area contributed by atoms with Gasteiger partial charge in [-0.25, -0.2) is 0 Å². The fraction of sp³-hybridized carbons (Fsp3) is 0.308. The summed E-state index contributed by atoms with van der Waals surface area (Å²) in [6.07, 6.45) is 2.74. The minimum absolute atomic E-state index is 0.101. The average molecular weight is 282 g/mol. The lowest BCUT2D eigenvalue weighted by Crippen LogP contribution is -2.25. The highest BCUT2D eigenvalue weighted by atomic mass is 35.5. The van der Waals surface area contributed by atoms with Crippen LogP contribution < -0.4 is 5.73 Å². The fourth-order valence-corrected chi connectivity index (χ4v) is 2.82. The third-order valence-corrected chi connectivity index (χ3v) is 3.92. The summed E-state index contributed by atoms with van der Waals surface area (Å²) >= 11 is 7.66. The Balaban J connectivity index is 1.83. The average Bonchev–Trinajstić information content (AvgIpc) is 2.72. The van der Waals surface area contributed by atoms with Crippen molar-refractivity contribution in [2.24, 2.45) is 12.8 Å². The van der Waals surface area contributed by atoms with Gasteiger partial charge in [-0.2, -0.15) is 5.10 Å². The van der Waals surface area contributed by atoms with E-state index in [2.05, 4.69) is 5.10 Å². The van der Waals surface area contributed by atoms with Gasteiger partial charge in [0.05, 0.1) is 5.69 Å². The van der Waals surface area contributed by atoms with E-state index in [0.717, 1.165) is 27.8 Å². The van der Waals surface area contributed by atoms with Gasteiger partial charge in [0, 0.05) is 41.4 Å². The van der Waals surface area contributed by atoms with Crippen LogP contribution in [0.5, 0.6) is 0 Å². The summed E-state index contributed by atoms with van der Waals surface area (Å²) < 4.78 is 1.80. The normalized spacial score (nSPS) is 12.6. The molecule has 0 radical (unpaired) electrons. The monoisotopic (exact) mass is 281 g/mol. The topological polar surface area (TPSA) is 43.8 Å². The zero-order chi connectivity index (χ0) is 13.0. The first kappa shape index (κ1) is 13.5. The van der Waals surface area contributed by atoms with Gasteiger partial charge in [-0.15, -0.1) is 11.8 Å². The Morgan fingerprint density at radius 2 is 2.28 bits per heavy atom. The van der Waals surface area contributed by atoms with Crippen LogP contribution in [-0.2, 0) is 13.5 Å². The molecule has 1 unspecified atom stereocenters. The maximum Gasteiger partial charge on any atom is 0.0640 e. The Labute approximate surface area is 116 Å². The van der Waals surface area contributed by atoms with Crippen molar-refractivity contribution in [3.05, 3.63) is 47.2 Å². The van der Waals surface area contributed by atoms with E-state index in [1.54, 1.807) is 16.4 Å². The van der Waals surface area contributed by atoms with E-state index in [1.807, 2.05) is 43.6 Å². The first-order valence-electron chi connectivity index (χ1n) is 5.76. The molecule has 1 aromatic carbocycles. The number of aryl methyl sites for hydroxylation is 1. The van der Waals surface area contributed by atoms with E-state index < -0.39 is 0 Å². The molecule has 0 saturated heterocycles. The minimum atomic E-state index is 0.101. The molecule has 0 spiro atoms. The molecule has 2 aromatic rings. The van der Waals surface area contributed by atoms with E-state index in [-0.39, 0.29) is 6.04 Å². The third kappa shape index (κ3) is 4.05. The van der Waals surface area contributed by atoms with Crippen LogP contribution in [0, 0.1) is 0 Å². The Morgan fingerprint density at radius 1 is 1.44 bits per heavy atom. The molecule has 2 N–H and O–H groups in total. The smallest absolute Gasteiger partial charge is 0.0640 e. The van der Waals surface area contributed by atoms with Crippen LogP contribution in [0.1, 0.15) is 5.69 Å². The molecule has 0 fully saturated rings. The zero-order valence-electron chi connectivity index (χ0n) is 10.2.